The summed E-state index contributed by atoms with van der Waals surface area (Å²) < 4.78 is 23.8. The lowest BCUT2D eigenvalue weighted by atomic mass is 10.2. The minimum atomic E-state index is -3.07. The second-order valence-electron chi connectivity index (χ2n) is 6.65. The third kappa shape index (κ3) is 5.83. The van der Waals surface area contributed by atoms with Gasteiger partial charge in [0.25, 0.3) is 0 Å². The number of benzene rings is 1. The van der Waals surface area contributed by atoms with Crippen molar-refractivity contribution in [3.63, 3.8) is 0 Å². The van der Waals surface area contributed by atoms with E-state index in [0.29, 0.717) is 18.7 Å². The summed E-state index contributed by atoms with van der Waals surface area (Å²) in [5.41, 5.74) is 0.707. The van der Waals surface area contributed by atoms with Gasteiger partial charge < -0.3 is 10.2 Å². The Balaban J connectivity index is 1.64. The van der Waals surface area contributed by atoms with Gasteiger partial charge in [0.05, 0.1) is 23.8 Å². The van der Waals surface area contributed by atoms with Crippen LogP contribution in [-0.4, -0.2) is 48.4 Å². The molecule has 0 aliphatic carbocycles. The van der Waals surface area contributed by atoms with Gasteiger partial charge in [0.2, 0.25) is 11.8 Å². The first kappa shape index (κ1) is 20.9. The van der Waals surface area contributed by atoms with Crippen LogP contribution in [0.15, 0.2) is 46.7 Å². The van der Waals surface area contributed by atoms with Crippen LogP contribution in [0, 0.1) is 0 Å². The highest BCUT2D eigenvalue weighted by molar-refractivity contribution is 8.00. The summed E-state index contributed by atoms with van der Waals surface area (Å²) >= 11 is 2.97. The molecule has 6 nitrogen and oxygen atoms in total. The summed E-state index contributed by atoms with van der Waals surface area (Å²) in [6, 6.07) is 10.9. The van der Waals surface area contributed by atoms with Gasteiger partial charge in [-0.25, -0.2) is 8.42 Å². The lowest BCUT2D eigenvalue weighted by Crippen LogP contribution is -2.41. The summed E-state index contributed by atoms with van der Waals surface area (Å²) in [6.45, 7) is 1.89. The second-order valence-corrected chi connectivity index (χ2v) is 11.0. The highest BCUT2D eigenvalue weighted by Gasteiger charge is 2.34. The zero-order valence-electron chi connectivity index (χ0n) is 15.5. The predicted octanol–water partition coefficient (Wildman–Crippen LogP) is 3.01. The van der Waals surface area contributed by atoms with Crippen LogP contribution in [0.5, 0.6) is 0 Å². The number of hydrogen-bond acceptors (Lipinski definition) is 6. The van der Waals surface area contributed by atoms with Crippen molar-refractivity contribution in [2.24, 2.45) is 0 Å². The molecule has 150 valence electrons. The van der Waals surface area contributed by atoms with Crippen LogP contribution >= 0.6 is 23.1 Å². The molecular weight excluding hydrogens is 416 g/mol. The van der Waals surface area contributed by atoms with E-state index in [9.17, 15) is 18.0 Å². The number of nitrogens with one attached hydrogen (secondary N) is 1. The number of sulfone groups is 1. The van der Waals surface area contributed by atoms with Crippen molar-refractivity contribution in [1.82, 2.24) is 4.90 Å². The van der Waals surface area contributed by atoms with Crippen molar-refractivity contribution in [3.8, 4) is 0 Å². The Kier molecular flexibility index (Phi) is 6.79. The number of rotatable bonds is 7. The smallest absolute Gasteiger partial charge is 0.233 e. The first-order valence-electron chi connectivity index (χ1n) is 8.85. The lowest BCUT2D eigenvalue weighted by molar-refractivity contribution is -0.130. The maximum Gasteiger partial charge on any atom is 0.233 e. The molecule has 2 amide bonds. The van der Waals surface area contributed by atoms with Gasteiger partial charge in [-0.05, 0) is 42.1 Å². The van der Waals surface area contributed by atoms with E-state index in [1.54, 1.807) is 28.4 Å². The monoisotopic (exact) mass is 438 g/mol. The van der Waals surface area contributed by atoms with Gasteiger partial charge in [-0.2, -0.15) is 0 Å². The summed E-state index contributed by atoms with van der Waals surface area (Å²) in [6.07, 6.45) is 0.496. The molecule has 1 fully saturated rings. The topological polar surface area (TPSA) is 83.6 Å². The largest absolute Gasteiger partial charge is 0.333 e. The molecule has 1 N–H and O–H groups in total. The van der Waals surface area contributed by atoms with Crippen LogP contribution in [0.25, 0.3) is 0 Å². The SMILES string of the molecule is CC(=O)Nc1ccc(SCC(=O)N(Cc2cccs2)C2CCS(=O)(=O)C2)cc1. The summed E-state index contributed by atoms with van der Waals surface area (Å²) in [4.78, 5) is 27.7. The summed E-state index contributed by atoms with van der Waals surface area (Å²) in [5.74, 6) is 0.225. The number of hydrogen-bond donors (Lipinski definition) is 1. The Morgan fingerprint density at radius 2 is 2.00 bits per heavy atom. The predicted molar refractivity (Wildman–Crippen MR) is 113 cm³/mol. The van der Waals surface area contributed by atoms with Gasteiger partial charge in [-0.3, -0.25) is 9.59 Å². The molecule has 0 spiro atoms. The molecule has 2 heterocycles. The van der Waals surface area contributed by atoms with Crippen molar-refractivity contribution < 1.29 is 18.0 Å². The van der Waals surface area contributed by atoms with Gasteiger partial charge in [0.1, 0.15) is 0 Å². The fourth-order valence-electron chi connectivity index (χ4n) is 3.08. The van der Waals surface area contributed by atoms with Gasteiger partial charge in [0.15, 0.2) is 9.84 Å². The maximum absolute atomic E-state index is 12.9. The second kappa shape index (κ2) is 9.11. The van der Waals surface area contributed by atoms with Crippen molar-refractivity contribution in [2.45, 2.75) is 30.8 Å². The van der Waals surface area contributed by atoms with E-state index in [4.69, 9.17) is 0 Å². The van der Waals surface area contributed by atoms with Gasteiger partial charge in [-0.15, -0.1) is 23.1 Å². The first-order chi connectivity index (χ1) is 13.3. The molecule has 1 atom stereocenters. The van der Waals surface area contributed by atoms with Crippen molar-refractivity contribution in [3.05, 3.63) is 46.7 Å². The summed E-state index contributed by atoms with van der Waals surface area (Å²) in [7, 11) is -3.07. The number of thiophene rings is 1. The number of amides is 2. The fourth-order valence-corrected chi connectivity index (χ4v) is 6.30. The molecule has 1 unspecified atom stereocenters. The standard InChI is InChI=1S/C19H22N2O4S3/c1-14(22)20-15-4-6-17(7-5-15)27-12-19(23)21(11-18-3-2-9-26-18)16-8-10-28(24,25)13-16/h2-7,9,16H,8,10-13H2,1H3,(H,20,22). The molecule has 1 aromatic heterocycles. The molecule has 3 rings (SSSR count). The zero-order chi connectivity index (χ0) is 20.1. The molecule has 0 bridgehead atoms. The van der Waals surface area contributed by atoms with E-state index in [2.05, 4.69) is 5.32 Å². The van der Waals surface area contributed by atoms with Crippen molar-refractivity contribution in [2.75, 3.05) is 22.6 Å². The zero-order valence-corrected chi connectivity index (χ0v) is 17.9. The quantitative estimate of drug-likeness (QED) is 0.672. The normalized spacial score (nSPS) is 18.0. The molecule has 2 aromatic rings. The van der Waals surface area contributed by atoms with Gasteiger partial charge >= 0.3 is 0 Å². The van der Waals surface area contributed by atoms with Crippen LogP contribution in [0.3, 0.4) is 0 Å². The number of carbonyl (C=O) groups is 2. The molecule has 1 aliphatic rings. The Hall–Kier alpha value is -1.84. The van der Waals surface area contributed by atoms with Crippen molar-refractivity contribution >= 4 is 50.4 Å². The van der Waals surface area contributed by atoms with E-state index in [1.165, 1.54) is 18.7 Å². The van der Waals surface area contributed by atoms with Crippen LogP contribution in [0.2, 0.25) is 0 Å². The lowest BCUT2D eigenvalue weighted by Gasteiger charge is -2.28. The van der Waals surface area contributed by atoms with E-state index < -0.39 is 9.84 Å². The van der Waals surface area contributed by atoms with Gasteiger partial charge in [-0.1, -0.05) is 6.07 Å². The molecule has 1 aliphatic heterocycles. The van der Waals surface area contributed by atoms with Crippen LogP contribution in [-0.2, 0) is 26.0 Å². The van der Waals surface area contributed by atoms with Crippen molar-refractivity contribution in [1.29, 1.82) is 0 Å². The molecule has 1 saturated heterocycles. The molecule has 28 heavy (non-hydrogen) atoms. The average Bonchev–Trinajstić information content (AvgIpc) is 3.27. The molecule has 0 radical (unpaired) electrons. The van der Waals surface area contributed by atoms with Crippen LogP contribution < -0.4 is 5.32 Å². The van der Waals surface area contributed by atoms with Gasteiger partial charge in [0, 0.05) is 28.4 Å². The van der Waals surface area contributed by atoms with E-state index in [0.717, 1.165) is 9.77 Å². The third-order valence-corrected chi connectivity index (χ3v) is 8.02. The summed E-state index contributed by atoms with van der Waals surface area (Å²) in [5, 5.41) is 4.66. The van der Waals surface area contributed by atoms with E-state index >= 15 is 0 Å². The number of carbonyl (C=O) groups excluding carboxylic acids is 2. The fraction of sp³-hybridized carbons (Fsp3) is 0.368. The average molecular weight is 439 g/mol. The Labute approximate surface area is 173 Å². The highest BCUT2D eigenvalue weighted by Crippen LogP contribution is 2.25. The third-order valence-electron chi connectivity index (χ3n) is 4.41. The van der Waals surface area contributed by atoms with E-state index in [-0.39, 0.29) is 35.1 Å². The minimum absolute atomic E-state index is 0.0419. The molecule has 1 aromatic carbocycles. The number of anilines is 1. The Morgan fingerprint density at radius 3 is 2.57 bits per heavy atom. The minimum Gasteiger partial charge on any atom is -0.333 e. The highest BCUT2D eigenvalue weighted by atomic mass is 32.2. The number of thioether (sulfide) groups is 1. The van der Waals surface area contributed by atoms with Crippen LogP contribution in [0.4, 0.5) is 5.69 Å². The Bertz CT molecular complexity index is 925. The Morgan fingerprint density at radius 1 is 1.25 bits per heavy atom. The molecule has 0 saturated carbocycles. The molecular formula is C19H22N2O4S3. The number of nitrogens with zero attached hydrogens (tertiary/aromatic N) is 1. The maximum atomic E-state index is 12.9. The first-order valence-corrected chi connectivity index (χ1v) is 12.5. The molecule has 9 heteroatoms. The van der Waals surface area contributed by atoms with E-state index in [1.807, 2.05) is 29.6 Å². The van der Waals surface area contributed by atoms with Crippen LogP contribution in [0.1, 0.15) is 18.2 Å².